The van der Waals surface area contributed by atoms with E-state index in [2.05, 4.69) is 64.3 Å². The summed E-state index contributed by atoms with van der Waals surface area (Å²) in [5.41, 5.74) is 4.61. The summed E-state index contributed by atoms with van der Waals surface area (Å²) in [5, 5.41) is 3.23. The summed E-state index contributed by atoms with van der Waals surface area (Å²) in [5.74, 6) is 0.947. The predicted octanol–water partition coefficient (Wildman–Crippen LogP) is 4.55. The number of carbonyl (C=O) groups is 1. The van der Waals surface area contributed by atoms with Gasteiger partial charge in [-0.1, -0.05) is 60.7 Å². The van der Waals surface area contributed by atoms with E-state index in [-0.39, 0.29) is 5.91 Å². The number of nitrogens with zero attached hydrogens (tertiary/aromatic N) is 2. The van der Waals surface area contributed by atoms with Crippen molar-refractivity contribution in [3.05, 3.63) is 78.0 Å². The number of nitrogens with one attached hydrogen (secondary N) is 1. The molecule has 2 aromatic carbocycles. The van der Waals surface area contributed by atoms with Crippen LogP contribution in [0.25, 0.3) is 11.1 Å². The number of rotatable bonds is 6. The van der Waals surface area contributed by atoms with Crippen molar-refractivity contribution in [1.29, 1.82) is 0 Å². The molecule has 3 aromatic rings. The Kier molecular flexibility index (Phi) is 5.58. The van der Waals surface area contributed by atoms with E-state index in [1.807, 2.05) is 24.3 Å². The van der Waals surface area contributed by atoms with Gasteiger partial charge >= 0.3 is 0 Å². The zero-order chi connectivity index (χ0) is 19.3. The molecule has 0 aliphatic carbocycles. The normalized spacial score (nSPS) is 14.3. The van der Waals surface area contributed by atoms with Crippen LogP contribution in [-0.2, 0) is 11.3 Å². The van der Waals surface area contributed by atoms with Gasteiger partial charge in [0.15, 0.2) is 0 Å². The Hall–Kier alpha value is -2.85. The molecule has 1 fully saturated rings. The molecule has 0 atom stereocenters. The highest BCUT2D eigenvalue weighted by Crippen LogP contribution is 2.34. The van der Waals surface area contributed by atoms with E-state index in [9.17, 15) is 4.79 Å². The molecule has 0 saturated carbocycles. The number of likely N-dealkylation sites (tertiary alicyclic amines) is 1. The largest absolute Gasteiger partial charge is 0.329 e. The number of aromatic nitrogens is 1. The molecule has 28 heavy (non-hydrogen) atoms. The second-order valence-electron chi connectivity index (χ2n) is 7.55. The number of hydrogen-bond acceptors (Lipinski definition) is 2. The summed E-state index contributed by atoms with van der Waals surface area (Å²) in [6, 6.07) is 20.7. The second kappa shape index (κ2) is 8.44. The van der Waals surface area contributed by atoms with E-state index in [1.54, 1.807) is 0 Å². The molecule has 0 unspecified atom stereocenters. The van der Waals surface area contributed by atoms with E-state index in [0.717, 1.165) is 36.6 Å². The minimum atomic E-state index is 0.0616. The van der Waals surface area contributed by atoms with Crippen LogP contribution in [0.1, 0.15) is 24.0 Å². The SMILES string of the molecule is Cc1cn(Cc2ccccc2)c(NC(=O)CN2CCCC2)c1-c1ccccc1. The zero-order valence-corrected chi connectivity index (χ0v) is 16.4. The Bertz CT molecular complexity index is 925. The number of carbonyl (C=O) groups excluding carboxylic acids is 1. The molecule has 4 nitrogen and oxygen atoms in total. The van der Waals surface area contributed by atoms with Crippen LogP contribution < -0.4 is 5.32 Å². The first-order valence-electron chi connectivity index (χ1n) is 10.0. The van der Waals surface area contributed by atoms with Crippen LogP contribution in [0.15, 0.2) is 66.9 Å². The van der Waals surface area contributed by atoms with Crippen molar-refractivity contribution < 1.29 is 4.79 Å². The van der Waals surface area contributed by atoms with Gasteiger partial charge in [-0.15, -0.1) is 0 Å². The first kappa shape index (κ1) is 18.5. The summed E-state index contributed by atoms with van der Waals surface area (Å²) in [6.45, 7) is 5.34. The van der Waals surface area contributed by atoms with Crippen molar-refractivity contribution in [1.82, 2.24) is 9.47 Å². The van der Waals surface area contributed by atoms with Crippen molar-refractivity contribution in [2.24, 2.45) is 0 Å². The van der Waals surface area contributed by atoms with Crippen molar-refractivity contribution in [2.45, 2.75) is 26.3 Å². The molecular weight excluding hydrogens is 346 g/mol. The molecule has 0 bridgehead atoms. The Morgan fingerprint density at radius 2 is 1.61 bits per heavy atom. The number of benzene rings is 2. The lowest BCUT2D eigenvalue weighted by molar-refractivity contribution is -0.117. The summed E-state index contributed by atoms with van der Waals surface area (Å²) >= 11 is 0. The Morgan fingerprint density at radius 3 is 2.29 bits per heavy atom. The van der Waals surface area contributed by atoms with Gasteiger partial charge in [0.05, 0.1) is 6.54 Å². The molecule has 0 radical (unpaired) electrons. The van der Waals surface area contributed by atoms with Crippen molar-refractivity contribution in [3.8, 4) is 11.1 Å². The molecule has 1 aromatic heterocycles. The fourth-order valence-electron chi connectivity index (χ4n) is 4.02. The average molecular weight is 374 g/mol. The number of hydrogen-bond donors (Lipinski definition) is 1. The maximum atomic E-state index is 12.8. The Balaban J connectivity index is 1.66. The predicted molar refractivity (Wildman–Crippen MR) is 114 cm³/mol. The van der Waals surface area contributed by atoms with Gasteiger partial charge in [-0.3, -0.25) is 9.69 Å². The van der Waals surface area contributed by atoms with Gasteiger partial charge < -0.3 is 9.88 Å². The van der Waals surface area contributed by atoms with Gasteiger partial charge in [-0.05, 0) is 49.5 Å². The van der Waals surface area contributed by atoms with Gasteiger partial charge in [0.25, 0.3) is 0 Å². The number of aryl methyl sites for hydroxylation is 1. The van der Waals surface area contributed by atoms with E-state index in [1.165, 1.54) is 24.0 Å². The molecule has 1 N–H and O–H groups in total. The van der Waals surface area contributed by atoms with Gasteiger partial charge in [0, 0.05) is 18.3 Å². The monoisotopic (exact) mass is 373 g/mol. The fraction of sp³-hybridized carbons (Fsp3) is 0.292. The van der Waals surface area contributed by atoms with E-state index < -0.39 is 0 Å². The van der Waals surface area contributed by atoms with E-state index in [4.69, 9.17) is 0 Å². The van der Waals surface area contributed by atoms with Crippen LogP contribution in [0, 0.1) is 6.92 Å². The maximum Gasteiger partial charge on any atom is 0.239 e. The molecule has 4 rings (SSSR count). The lowest BCUT2D eigenvalue weighted by Crippen LogP contribution is -2.31. The third-order valence-corrected chi connectivity index (χ3v) is 5.35. The van der Waals surface area contributed by atoms with Crippen molar-refractivity contribution in [2.75, 3.05) is 25.0 Å². The van der Waals surface area contributed by atoms with Crippen LogP contribution in [0.2, 0.25) is 0 Å². The summed E-state index contributed by atoms with van der Waals surface area (Å²) in [7, 11) is 0. The van der Waals surface area contributed by atoms with E-state index in [0.29, 0.717) is 6.54 Å². The molecule has 2 heterocycles. The quantitative estimate of drug-likeness (QED) is 0.688. The van der Waals surface area contributed by atoms with Crippen LogP contribution in [0.5, 0.6) is 0 Å². The van der Waals surface area contributed by atoms with Crippen LogP contribution in [0.4, 0.5) is 5.82 Å². The second-order valence-corrected chi connectivity index (χ2v) is 7.55. The molecule has 1 aliphatic heterocycles. The minimum absolute atomic E-state index is 0.0616. The minimum Gasteiger partial charge on any atom is -0.329 e. The third-order valence-electron chi connectivity index (χ3n) is 5.35. The summed E-state index contributed by atoms with van der Waals surface area (Å²) in [6.07, 6.45) is 4.51. The van der Waals surface area contributed by atoms with E-state index >= 15 is 0 Å². The summed E-state index contributed by atoms with van der Waals surface area (Å²) in [4.78, 5) is 15.0. The first-order valence-corrected chi connectivity index (χ1v) is 10.0. The maximum absolute atomic E-state index is 12.8. The van der Waals surface area contributed by atoms with Gasteiger partial charge in [-0.25, -0.2) is 0 Å². The van der Waals surface area contributed by atoms with Crippen molar-refractivity contribution >= 4 is 11.7 Å². The molecular formula is C24H27N3O. The number of amides is 1. The van der Waals surface area contributed by atoms with Gasteiger partial charge in [0.1, 0.15) is 5.82 Å². The third kappa shape index (κ3) is 4.18. The first-order chi connectivity index (χ1) is 13.7. The van der Waals surface area contributed by atoms with Gasteiger partial charge in [0.2, 0.25) is 5.91 Å². The molecule has 0 spiro atoms. The Labute approximate surface area is 166 Å². The smallest absolute Gasteiger partial charge is 0.239 e. The average Bonchev–Trinajstić information content (AvgIpc) is 3.31. The van der Waals surface area contributed by atoms with Crippen LogP contribution in [0.3, 0.4) is 0 Å². The molecule has 144 valence electrons. The summed E-state index contributed by atoms with van der Waals surface area (Å²) < 4.78 is 2.16. The molecule has 1 aliphatic rings. The molecule has 1 saturated heterocycles. The topological polar surface area (TPSA) is 37.3 Å². The zero-order valence-electron chi connectivity index (χ0n) is 16.4. The lowest BCUT2D eigenvalue weighted by Gasteiger charge is -2.17. The van der Waals surface area contributed by atoms with Crippen LogP contribution in [-0.4, -0.2) is 35.0 Å². The van der Waals surface area contributed by atoms with Gasteiger partial charge in [-0.2, -0.15) is 0 Å². The molecule has 4 heteroatoms. The lowest BCUT2D eigenvalue weighted by atomic mass is 10.0. The standard InChI is InChI=1S/C24H27N3O/c1-19-16-27(17-20-10-4-2-5-11-20)24(23(19)21-12-6-3-7-13-21)25-22(28)18-26-14-8-9-15-26/h2-7,10-13,16H,8-9,14-15,17-18H2,1H3,(H,25,28). The highest BCUT2D eigenvalue weighted by molar-refractivity contribution is 5.96. The highest BCUT2D eigenvalue weighted by Gasteiger charge is 2.20. The van der Waals surface area contributed by atoms with Crippen molar-refractivity contribution in [3.63, 3.8) is 0 Å². The van der Waals surface area contributed by atoms with Crippen LogP contribution >= 0.6 is 0 Å². The highest BCUT2D eigenvalue weighted by atomic mass is 16.2. The Morgan fingerprint density at radius 1 is 0.964 bits per heavy atom. The fourth-order valence-corrected chi connectivity index (χ4v) is 4.02. The molecule has 1 amide bonds. The number of anilines is 1.